The molecule has 0 saturated carbocycles. The number of aryl methyl sites for hydroxylation is 1. The third-order valence-corrected chi connectivity index (χ3v) is 3.76. The van der Waals surface area contributed by atoms with E-state index >= 15 is 0 Å². The van der Waals surface area contributed by atoms with E-state index in [9.17, 15) is 0 Å². The molecule has 1 aliphatic heterocycles. The maximum absolute atomic E-state index is 5.71. The van der Waals surface area contributed by atoms with Crippen molar-refractivity contribution in [3.63, 3.8) is 0 Å². The Morgan fingerprint density at radius 2 is 2.37 bits per heavy atom. The molecular weight excluding hydrogens is 260 g/mol. The van der Waals surface area contributed by atoms with Gasteiger partial charge in [-0.15, -0.1) is 11.3 Å². The molecule has 6 heteroatoms. The van der Waals surface area contributed by atoms with E-state index in [4.69, 9.17) is 4.74 Å². The summed E-state index contributed by atoms with van der Waals surface area (Å²) in [5.74, 6) is 0.807. The molecule has 1 saturated heterocycles. The van der Waals surface area contributed by atoms with Crippen LogP contribution in [0.15, 0.2) is 23.6 Å². The Balaban J connectivity index is 1.75. The van der Waals surface area contributed by atoms with Crippen molar-refractivity contribution in [2.45, 2.75) is 13.0 Å². The van der Waals surface area contributed by atoms with Gasteiger partial charge in [-0.2, -0.15) is 0 Å². The number of aromatic nitrogens is 2. The van der Waals surface area contributed by atoms with Crippen LogP contribution in [0, 0.1) is 6.92 Å². The molecule has 0 aromatic carbocycles. The number of anilines is 2. The molecule has 19 heavy (non-hydrogen) atoms. The van der Waals surface area contributed by atoms with Crippen LogP contribution in [0.25, 0.3) is 0 Å². The maximum Gasteiger partial charge on any atom is 0.188 e. The number of hydrogen-bond donors (Lipinski definition) is 2. The lowest BCUT2D eigenvalue weighted by Crippen LogP contribution is -2.33. The highest BCUT2D eigenvalue weighted by atomic mass is 32.1. The van der Waals surface area contributed by atoms with Gasteiger partial charge >= 0.3 is 0 Å². The van der Waals surface area contributed by atoms with Crippen LogP contribution in [0.2, 0.25) is 0 Å². The van der Waals surface area contributed by atoms with Crippen molar-refractivity contribution in [3.05, 3.63) is 35.0 Å². The number of rotatable bonds is 3. The second-order valence-corrected chi connectivity index (χ2v) is 5.29. The highest BCUT2D eigenvalue weighted by molar-refractivity contribution is 7.13. The predicted molar refractivity (Wildman–Crippen MR) is 75.9 cm³/mol. The average molecular weight is 276 g/mol. The molecular formula is C13H16N4OS. The lowest BCUT2D eigenvalue weighted by atomic mass is 10.2. The molecule has 0 aliphatic carbocycles. The standard InChI is InChI=1S/C13H16N4OS/c1-9-8-19-13(15-9)17-12-4-2-3-10(16-12)11-7-14-5-6-18-11/h2-4,8,11,14H,5-7H2,1H3,(H,15,16,17)/t11-/m1/s1. The summed E-state index contributed by atoms with van der Waals surface area (Å²) >= 11 is 1.58. The Morgan fingerprint density at radius 1 is 1.42 bits per heavy atom. The molecule has 0 amide bonds. The number of morpholine rings is 1. The molecule has 2 N–H and O–H groups in total. The van der Waals surface area contributed by atoms with Gasteiger partial charge in [-0.1, -0.05) is 6.07 Å². The van der Waals surface area contributed by atoms with E-state index in [2.05, 4.69) is 20.6 Å². The van der Waals surface area contributed by atoms with E-state index in [1.165, 1.54) is 0 Å². The molecule has 0 unspecified atom stereocenters. The summed E-state index contributed by atoms with van der Waals surface area (Å²) in [4.78, 5) is 8.96. The molecule has 5 nitrogen and oxygen atoms in total. The summed E-state index contributed by atoms with van der Waals surface area (Å²) in [5, 5.41) is 9.41. The lowest BCUT2D eigenvalue weighted by Gasteiger charge is -2.23. The first-order chi connectivity index (χ1) is 9.31. The van der Waals surface area contributed by atoms with Gasteiger partial charge in [0.15, 0.2) is 5.13 Å². The molecule has 100 valence electrons. The highest BCUT2D eigenvalue weighted by Crippen LogP contribution is 2.22. The van der Waals surface area contributed by atoms with E-state index in [1.54, 1.807) is 11.3 Å². The number of ether oxygens (including phenoxy) is 1. The number of hydrogen-bond acceptors (Lipinski definition) is 6. The first-order valence-electron chi connectivity index (χ1n) is 6.30. The number of pyridine rings is 1. The van der Waals surface area contributed by atoms with Gasteiger partial charge in [0, 0.05) is 18.5 Å². The summed E-state index contributed by atoms with van der Waals surface area (Å²) in [7, 11) is 0. The number of nitrogens with one attached hydrogen (secondary N) is 2. The van der Waals surface area contributed by atoms with Crippen LogP contribution in [0.3, 0.4) is 0 Å². The first kappa shape index (κ1) is 12.5. The second-order valence-electron chi connectivity index (χ2n) is 4.43. The van der Waals surface area contributed by atoms with Crippen LogP contribution < -0.4 is 10.6 Å². The van der Waals surface area contributed by atoms with Gasteiger partial charge in [0.1, 0.15) is 11.9 Å². The fourth-order valence-electron chi connectivity index (χ4n) is 1.98. The van der Waals surface area contributed by atoms with Crippen molar-refractivity contribution in [2.24, 2.45) is 0 Å². The minimum atomic E-state index is 0.0357. The van der Waals surface area contributed by atoms with Crippen LogP contribution in [-0.4, -0.2) is 29.7 Å². The van der Waals surface area contributed by atoms with Gasteiger partial charge in [0.05, 0.1) is 18.0 Å². The SMILES string of the molecule is Cc1csc(Nc2cccc([C@H]3CNCCO3)n2)n1. The van der Waals surface area contributed by atoms with Crippen molar-refractivity contribution in [1.29, 1.82) is 0 Å². The number of thiazole rings is 1. The average Bonchev–Trinajstić information content (AvgIpc) is 2.85. The lowest BCUT2D eigenvalue weighted by molar-refractivity contribution is 0.0251. The molecule has 1 fully saturated rings. The summed E-state index contributed by atoms with van der Waals surface area (Å²) < 4.78 is 5.71. The number of nitrogens with zero attached hydrogens (tertiary/aromatic N) is 2. The van der Waals surface area contributed by atoms with E-state index in [0.29, 0.717) is 0 Å². The van der Waals surface area contributed by atoms with Crippen LogP contribution in [0.1, 0.15) is 17.5 Å². The Morgan fingerprint density at radius 3 is 3.11 bits per heavy atom. The zero-order chi connectivity index (χ0) is 13.1. The fourth-order valence-corrected chi connectivity index (χ4v) is 2.67. The minimum absolute atomic E-state index is 0.0357. The third-order valence-electron chi connectivity index (χ3n) is 2.88. The summed E-state index contributed by atoms with van der Waals surface area (Å²) in [6.45, 7) is 4.43. The van der Waals surface area contributed by atoms with Crippen molar-refractivity contribution in [3.8, 4) is 0 Å². The minimum Gasteiger partial charge on any atom is -0.369 e. The summed E-state index contributed by atoms with van der Waals surface area (Å²) in [6, 6.07) is 5.93. The Hall–Kier alpha value is -1.50. The van der Waals surface area contributed by atoms with Crippen LogP contribution in [-0.2, 0) is 4.74 Å². The van der Waals surface area contributed by atoms with Gasteiger partial charge in [0.2, 0.25) is 0 Å². The fraction of sp³-hybridized carbons (Fsp3) is 0.385. The van der Waals surface area contributed by atoms with E-state index in [0.717, 1.165) is 42.0 Å². The molecule has 3 rings (SSSR count). The molecule has 1 aliphatic rings. The Bertz CT molecular complexity index is 551. The zero-order valence-electron chi connectivity index (χ0n) is 10.7. The molecule has 3 heterocycles. The van der Waals surface area contributed by atoms with Crippen LogP contribution in [0.4, 0.5) is 10.9 Å². The van der Waals surface area contributed by atoms with Gasteiger partial charge in [-0.3, -0.25) is 0 Å². The van der Waals surface area contributed by atoms with E-state index in [1.807, 2.05) is 30.5 Å². The third kappa shape index (κ3) is 3.09. The predicted octanol–water partition coefficient (Wildman–Crippen LogP) is 2.25. The van der Waals surface area contributed by atoms with Gasteiger partial charge in [-0.05, 0) is 19.1 Å². The van der Waals surface area contributed by atoms with Crippen LogP contribution >= 0.6 is 11.3 Å². The molecule has 2 aromatic heterocycles. The van der Waals surface area contributed by atoms with Gasteiger partial charge in [0.25, 0.3) is 0 Å². The van der Waals surface area contributed by atoms with Crippen molar-refractivity contribution >= 4 is 22.3 Å². The first-order valence-corrected chi connectivity index (χ1v) is 7.18. The van der Waals surface area contributed by atoms with Gasteiger partial charge < -0.3 is 15.4 Å². The zero-order valence-corrected chi connectivity index (χ0v) is 11.5. The largest absolute Gasteiger partial charge is 0.369 e. The van der Waals surface area contributed by atoms with E-state index < -0.39 is 0 Å². The van der Waals surface area contributed by atoms with Crippen LogP contribution in [0.5, 0.6) is 0 Å². The Labute approximate surface area is 116 Å². The van der Waals surface area contributed by atoms with Gasteiger partial charge in [-0.25, -0.2) is 9.97 Å². The quantitative estimate of drug-likeness (QED) is 0.900. The molecule has 0 spiro atoms. The van der Waals surface area contributed by atoms with Crippen molar-refractivity contribution in [1.82, 2.24) is 15.3 Å². The summed E-state index contributed by atoms with van der Waals surface area (Å²) in [6.07, 6.45) is 0.0357. The van der Waals surface area contributed by atoms with Crippen molar-refractivity contribution in [2.75, 3.05) is 25.0 Å². The monoisotopic (exact) mass is 276 g/mol. The Kier molecular flexibility index (Phi) is 3.72. The topological polar surface area (TPSA) is 59.1 Å². The smallest absolute Gasteiger partial charge is 0.188 e. The van der Waals surface area contributed by atoms with E-state index in [-0.39, 0.29) is 6.10 Å². The molecule has 0 radical (unpaired) electrons. The molecule has 1 atom stereocenters. The maximum atomic E-state index is 5.71. The second kappa shape index (κ2) is 5.64. The molecule has 0 bridgehead atoms. The van der Waals surface area contributed by atoms with Crippen molar-refractivity contribution < 1.29 is 4.74 Å². The highest BCUT2D eigenvalue weighted by Gasteiger charge is 2.17. The summed E-state index contributed by atoms with van der Waals surface area (Å²) in [5.41, 5.74) is 1.97. The molecule has 2 aromatic rings. The normalized spacial score (nSPS) is 19.3.